The second kappa shape index (κ2) is 8.17. The highest BCUT2D eigenvalue weighted by atomic mass is 19.4. The number of nitrogens with zero attached hydrogens (tertiary/aromatic N) is 2. The van der Waals surface area contributed by atoms with Gasteiger partial charge in [0.15, 0.2) is 0 Å². The van der Waals surface area contributed by atoms with Crippen LogP contribution in [0.1, 0.15) is 20.8 Å². The fourth-order valence-electron chi connectivity index (χ4n) is 2.60. The van der Waals surface area contributed by atoms with E-state index in [0.717, 1.165) is 0 Å². The zero-order valence-electron chi connectivity index (χ0n) is 16.5. The SMILES string of the molecule is CC(C)(C)Nc1nc(Nc2ccccc2F)cc(-c2cccc(OC(F)(F)F)c2)n1. The lowest BCUT2D eigenvalue weighted by molar-refractivity contribution is -0.274. The average Bonchev–Trinajstić information content (AvgIpc) is 2.61. The summed E-state index contributed by atoms with van der Waals surface area (Å²) < 4.78 is 55.7. The number of hydrogen-bond donors (Lipinski definition) is 2. The molecule has 0 saturated heterocycles. The number of anilines is 3. The van der Waals surface area contributed by atoms with Gasteiger partial charge in [0, 0.05) is 17.2 Å². The van der Waals surface area contributed by atoms with Crippen LogP contribution < -0.4 is 15.4 Å². The van der Waals surface area contributed by atoms with E-state index in [1.54, 1.807) is 24.3 Å². The Morgan fingerprint density at radius 1 is 0.900 bits per heavy atom. The lowest BCUT2D eigenvalue weighted by atomic mass is 10.1. The van der Waals surface area contributed by atoms with Crippen molar-refractivity contribution in [3.63, 3.8) is 0 Å². The van der Waals surface area contributed by atoms with Crippen molar-refractivity contribution in [2.24, 2.45) is 0 Å². The molecule has 0 aliphatic heterocycles. The van der Waals surface area contributed by atoms with Gasteiger partial charge < -0.3 is 15.4 Å². The first kappa shape index (κ1) is 21.4. The largest absolute Gasteiger partial charge is 0.573 e. The summed E-state index contributed by atoms with van der Waals surface area (Å²) in [6.45, 7) is 5.72. The monoisotopic (exact) mass is 420 g/mol. The van der Waals surface area contributed by atoms with Gasteiger partial charge in [-0.2, -0.15) is 4.98 Å². The third kappa shape index (κ3) is 6.07. The second-order valence-corrected chi connectivity index (χ2v) is 7.52. The van der Waals surface area contributed by atoms with Gasteiger partial charge >= 0.3 is 6.36 Å². The van der Waals surface area contributed by atoms with Crippen molar-refractivity contribution < 1.29 is 22.3 Å². The first-order valence-corrected chi connectivity index (χ1v) is 9.03. The Labute approximate surface area is 171 Å². The van der Waals surface area contributed by atoms with Gasteiger partial charge in [-0.05, 0) is 45.0 Å². The lowest BCUT2D eigenvalue weighted by Crippen LogP contribution is -2.27. The van der Waals surface area contributed by atoms with Crippen LogP contribution in [0, 0.1) is 5.82 Å². The number of alkyl halides is 3. The zero-order valence-corrected chi connectivity index (χ0v) is 16.5. The number of hydrogen-bond acceptors (Lipinski definition) is 5. The molecule has 0 atom stereocenters. The van der Waals surface area contributed by atoms with Gasteiger partial charge in [-0.1, -0.05) is 24.3 Å². The first-order chi connectivity index (χ1) is 14.0. The molecule has 5 nitrogen and oxygen atoms in total. The Balaban J connectivity index is 2.02. The fraction of sp³-hybridized carbons (Fsp3) is 0.238. The third-order valence-corrected chi connectivity index (χ3v) is 3.71. The predicted molar refractivity (Wildman–Crippen MR) is 107 cm³/mol. The highest BCUT2D eigenvalue weighted by Crippen LogP contribution is 2.30. The highest BCUT2D eigenvalue weighted by molar-refractivity contribution is 5.68. The maximum absolute atomic E-state index is 14.0. The molecule has 30 heavy (non-hydrogen) atoms. The summed E-state index contributed by atoms with van der Waals surface area (Å²) >= 11 is 0. The molecule has 0 unspecified atom stereocenters. The summed E-state index contributed by atoms with van der Waals surface area (Å²) in [5.74, 6) is -0.323. The standard InChI is InChI=1S/C21H20F4N4O/c1-20(2,3)29-19-27-17(13-7-6-8-14(11-13)30-21(23,24)25)12-18(28-19)26-16-10-5-4-9-15(16)22/h4-12H,1-3H3,(H2,26,27,28,29). The van der Waals surface area contributed by atoms with Gasteiger partial charge in [0.25, 0.3) is 0 Å². The van der Waals surface area contributed by atoms with Gasteiger partial charge in [-0.15, -0.1) is 13.2 Å². The molecule has 0 bridgehead atoms. The van der Waals surface area contributed by atoms with Crippen molar-refractivity contribution >= 4 is 17.5 Å². The van der Waals surface area contributed by atoms with E-state index in [-0.39, 0.29) is 28.7 Å². The van der Waals surface area contributed by atoms with Crippen LogP contribution >= 0.6 is 0 Å². The Hall–Kier alpha value is -3.36. The van der Waals surface area contributed by atoms with E-state index in [1.165, 1.54) is 30.3 Å². The van der Waals surface area contributed by atoms with Gasteiger partial charge in [-0.25, -0.2) is 9.37 Å². The fourth-order valence-corrected chi connectivity index (χ4v) is 2.60. The molecule has 0 amide bonds. The number of benzene rings is 2. The molecule has 2 N–H and O–H groups in total. The van der Waals surface area contributed by atoms with Crippen molar-refractivity contribution in [2.75, 3.05) is 10.6 Å². The van der Waals surface area contributed by atoms with Crippen LogP contribution in [0.4, 0.5) is 35.0 Å². The minimum atomic E-state index is -4.80. The summed E-state index contributed by atoms with van der Waals surface area (Å²) in [5.41, 5.74) is 0.545. The van der Waals surface area contributed by atoms with E-state index in [2.05, 4.69) is 25.3 Å². The minimum absolute atomic E-state index is 0.206. The zero-order chi connectivity index (χ0) is 21.9. The van der Waals surface area contributed by atoms with Crippen LogP contribution in [0.5, 0.6) is 5.75 Å². The van der Waals surface area contributed by atoms with Crippen LogP contribution in [0.3, 0.4) is 0 Å². The second-order valence-electron chi connectivity index (χ2n) is 7.52. The molecule has 0 aliphatic rings. The van der Waals surface area contributed by atoms with Crippen LogP contribution in [-0.2, 0) is 0 Å². The van der Waals surface area contributed by atoms with Gasteiger partial charge in [0.1, 0.15) is 17.4 Å². The summed E-state index contributed by atoms with van der Waals surface area (Å²) in [6.07, 6.45) is -4.80. The van der Waals surface area contributed by atoms with E-state index in [0.29, 0.717) is 11.3 Å². The summed E-state index contributed by atoms with van der Waals surface area (Å²) in [6, 6.07) is 13.0. The molecule has 1 heterocycles. The number of nitrogens with one attached hydrogen (secondary N) is 2. The normalized spacial score (nSPS) is 11.8. The first-order valence-electron chi connectivity index (χ1n) is 9.03. The van der Waals surface area contributed by atoms with E-state index in [4.69, 9.17) is 0 Å². The smallest absolute Gasteiger partial charge is 0.406 e. The van der Waals surface area contributed by atoms with Crippen LogP contribution in [0.25, 0.3) is 11.3 Å². The molecule has 0 saturated carbocycles. The number of ether oxygens (including phenoxy) is 1. The van der Waals surface area contributed by atoms with E-state index in [1.807, 2.05) is 20.8 Å². The molecule has 158 valence electrons. The van der Waals surface area contributed by atoms with Gasteiger partial charge in [0.05, 0.1) is 11.4 Å². The van der Waals surface area contributed by atoms with E-state index < -0.39 is 12.2 Å². The maximum atomic E-state index is 14.0. The lowest BCUT2D eigenvalue weighted by Gasteiger charge is -2.21. The summed E-state index contributed by atoms with van der Waals surface area (Å²) in [4.78, 5) is 8.75. The molecule has 3 aromatic rings. The number of para-hydroxylation sites is 1. The van der Waals surface area contributed by atoms with Crippen LogP contribution in [-0.4, -0.2) is 21.9 Å². The van der Waals surface area contributed by atoms with Crippen molar-refractivity contribution in [3.05, 3.63) is 60.4 Å². The van der Waals surface area contributed by atoms with E-state index >= 15 is 0 Å². The molecule has 1 aromatic heterocycles. The Bertz CT molecular complexity index is 1030. The van der Waals surface area contributed by atoms with E-state index in [9.17, 15) is 17.6 Å². The Morgan fingerprint density at radius 3 is 2.30 bits per heavy atom. The summed E-state index contributed by atoms with van der Waals surface area (Å²) in [7, 11) is 0. The van der Waals surface area contributed by atoms with Crippen molar-refractivity contribution in [1.82, 2.24) is 9.97 Å². The minimum Gasteiger partial charge on any atom is -0.406 e. The van der Waals surface area contributed by atoms with Crippen LogP contribution in [0.15, 0.2) is 54.6 Å². The molecule has 3 rings (SSSR count). The molecular formula is C21H20F4N4O. The van der Waals surface area contributed by atoms with Crippen molar-refractivity contribution in [1.29, 1.82) is 0 Å². The molecule has 0 fully saturated rings. The molecule has 2 aromatic carbocycles. The molecule has 0 aliphatic carbocycles. The Morgan fingerprint density at radius 2 is 1.63 bits per heavy atom. The number of aromatic nitrogens is 2. The van der Waals surface area contributed by atoms with Gasteiger partial charge in [-0.3, -0.25) is 0 Å². The maximum Gasteiger partial charge on any atom is 0.573 e. The third-order valence-electron chi connectivity index (χ3n) is 3.71. The van der Waals surface area contributed by atoms with Crippen LogP contribution in [0.2, 0.25) is 0 Å². The molecule has 0 radical (unpaired) electrons. The average molecular weight is 420 g/mol. The van der Waals surface area contributed by atoms with Crippen molar-refractivity contribution in [3.8, 4) is 17.0 Å². The topological polar surface area (TPSA) is 59.1 Å². The molecule has 9 heteroatoms. The quantitative estimate of drug-likeness (QED) is 0.486. The number of halogens is 4. The Kier molecular flexibility index (Phi) is 5.82. The molecule has 0 spiro atoms. The molecular weight excluding hydrogens is 400 g/mol. The highest BCUT2D eigenvalue weighted by Gasteiger charge is 2.31. The van der Waals surface area contributed by atoms with Gasteiger partial charge in [0.2, 0.25) is 5.95 Å². The summed E-state index contributed by atoms with van der Waals surface area (Å²) in [5, 5.41) is 6.00. The number of rotatable bonds is 5. The predicted octanol–water partition coefficient (Wildman–Crippen LogP) is 6.14. The van der Waals surface area contributed by atoms with Crippen molar-refractivity contribution in [2.45, 2.75) is 32.7 Å².